The Morgan fingerprint density at radius 3 is 2.29 bits per heavy atom. The van der Waals surface area contributed by atoms with Gasteiger partial charge in [0.2, 0.25) is 5.85 Å². The normalized spacial score (nSPS) is 16.9. The van der Waals surface area contributed by atoms with Crippen molar-refractivity contribution < 1.29 is 23.8 Å². The van der Waals surface area contributed by atoms with Crippen LogP contribution in [0.25, 0.3) is 10.8 Å². The van der Waals surface area contributed by atoms with Crippen LogP contribution in [0.5, 0.6) is 11.5 Å². The van der Waals surface area contributed by atoms with Crippen molar-refractivity contribution in [3.05, 3.63) is 71.8 Å². The number of benzene rings is 3. The van der Waals surface area contributed by atoms with Crippen molar-refractivity contribution in [1.82, 2.24) is 4.90 Å². The van der Waals surface area contributed by atoms with Crippen molar-refractivity contribution in [2.45, 2.75) is 18.4 Å². The van der Waals surface area contributed by atoms with Gasteiger partial charge >= 0.3 is 7.60 Å². The van der Waals surface area contributed by atoms with Gasteiger partial charge in [-0.1, -0.05) is 30.3 Å². The lowest BCUT2D eigenvalue weighted by molar-refractivity contribution is 0.213. The van der Waals surface area contributed by atoms with Gasteiger partial charge in [-0.2, -0.15) is 0 Å². The Morgan fingerprint density at radius 2 is 1.68 bits per heavy atom. The molecule has 0 radical (unpaired) electrons. The predicted molar refractivity (Wildman–Crippen MR) is 129 cm³/mol. The SMILES string of the molecule is N=C(N)c1ccc2ccc(OC(c3ccc(OC4CCN(C(=N)N)C4)cc3)P(=O)(O)O)cc2c1. The molecule has 10 nitrogen and oxygen atoms in total. The van der Waals surface area contributed by atoms with Crippen molar-refractivity contribution in [1.29, 1.82) is 10.8 Å². The molecular formula is C23H26N5O5P. The van der Waals surface area contributed by atoms with Crippen molar-refractivity contribution in [2.24, 2.45) is 11.5 Å². The Balaban J connectivity index is 1.53. The number of nitrogen functional groups attached to an aromatic ring is 1. The highest BCUT2D eigenvalue weighted by Gasteiger charge is 2.33. The molecule has 1 aliphatic heterocycles. The highest BCUT2D eigenvalue weighted by atomic mass is 31.2. The number of likely N-dealkylation sites (tertiary alicyclic amines) is 1. The molecule has 1 aliphatic rings. The Kier molecular flexibility index (Phi) is 6.47. The minimum Gasteiger partial charge on any atom is -0.489 e. The van der Waals surface area contributed by atoms with Crippen LogP contribution in [0, 0.1) is 10.8 Å². The van der Waals surface area contributed by atoms with E-state index in [9.17, 15) is 14.4 Å². The lowest BCUT2D eigenvalue weighted by Crippen LogP contribution is -2.35. The second-order valence-corrected chi connectivity index (χ2v) is 9.77. The van der Waals surface area contributed by atoms with E-state index in [1.807, 2.05) is 6.07 Å². The molecule has 8 N–H and O–H groups in total. The smallest absolute Gasteiger partial charge is 0.370 e. The molecule has 34 heavy (non-hydrogen) atoms. The van der Waals surface area contributed by atoms with Crippen LogP contribution in [0.1, 0.15) is 23.4 Å². The Labute approximate surface area is 196 Å². The fourth-order valence-corrected chi connectivity index (χ4v) is 4.69. The standard InChI is InChI=1S/C23H26N5O5P/c24-21(25)16-2-1-14-3-8-19(12-17(14)11-16)33-22(34(29,30)31)15-4-6-18(7-5-15)32-20-9-10-28(13-20)23(26)27/h1-8,11-12,20,22H,9-10,13H2,(H3,24,25)(H3,26,27)(H2,29,30,31). The fourth-order valence-electron chi connectivity index (χ4n) is 3.87. The van der Waals surface area contributed by atoms with E-state index in [0.717, 1.165) is 17.2 Å². The molecule has 3 aromatic carbocycles. The van der Waals surface area contributed by atoms with Gasteiger partial charge in [-0.25, -0.2) is 0 Å². The Hall–Kier alpha value is -3.59. The van der Waals surface area contributed by atoms with Crippen LogP contribution in [0.2, 0.25) is 0 Å². The molecule has 0 spiro atoms. The van der Waals surface area contributed by atoms with E-state index in [-0.39, 0.29) is 23.6 Å². The maximum absolute atomic E-state index is 12.3. The van der Waals surface area contributed by atoms with Gasteiger partial charge in [0.1, 0.15) is 23.4 Å². The summed E-state index contributed by atoms with van der Waals surface area (Å²) >= 11 is 0. The molecule has 2 atom stereocenters. The number of nitrogens with zero attached hydrogens (tertiary/aromatic N) is 1. The number of guanidine groups is 1. The highest BCUT2D eigenvalue weighted by Crippen LogP contribution is 2.52. The molecule has 4 rings (SSSR count). The van der Waals surface area contributed by atoms with Crippen molar-refractivity contribution >= 4 is 30.2 Å². The minimum absolute atomic E-state index is 0.00860. The van der Waals surface area contributed by atoms with Crippen molar-refractivity contribution in [3.8, 4) is 11.5 Å². The van der Waals surface area contributed by atoms with Crippen molar-refractivity contribution in [3.63, 3.8) is 0 Å². The zero-order valence-corrected chi connectivity index (χ0v) is 19.1. The number of nitrogens with two attached hydrogens (primary N) is 2. The first-order chi connectivity index (χ1) is 16.1. The van der Waals surface area contributed by atoms with Gasteiger partial charge in [0, 0.05) is 24.1 Å². The van der Waals surface area contributed by atoms with E-state index < -0.39 is 13.4 Å². The second-order valence-electron chi connectivity index (χ2n) is 8.13. The average Bonchev–Trinajstić information content (AvgIpc) is 3.26. The number of ether oxygens (including phenoxy) is 2. The first-order valence-corrected chi connectivity index (χ1v) is 12.2. The lowest BCUT2D eigenvalue weighted by Gasteiger charge is -2.21. The Bertz CT molecular complexity index is 1280. The first kappa shape index (κ1) is 23.6. The lowest BCUT2D eigenvalue weighted by atomic mass is 10.1. The van der Waals surface area contributed by atoms with E-state index in [2.05, 4.69) is 0 Å². The van der Waals surface area contributed by atoms with E-state index in [1.54, 1.807) is 59.5 Å². The molecule has 2 unspecified atom stereocenters. The number of hydrogen-bond acceptors (Lipinski definition) is 5. The summed E-state index contributed by atoms with van der Waals surface area (Å²) in [6, 6.07) is 16.7. The van der Waals surface area contributed by atoms with Crippen LogP contribution in [-0.2, 0) is 4.57 Å². The van der Waals surface area contributed by atoms with Gasteiger partial charge in [0.25, 0.3) is 0 Å². The zero-order valence-electron chi connectivity index (χ0n) is 18.2. The summed E-state index contributed by atoms with van der Waals surface area (Å²) in [6.45, 7) is 1.16. The molecule has 0 saturated carbocycles. The molecule has 3 aromatic rings. The van der Waals surface area contributed by atoms with E-state index in [0.29, 0.717) is 30.0 Å². The molecule has 1 saturated heterocycles. The van der Waals surface area contributed by atoms with E-state index in [1.165, 1.54) is 0 Å². The van der Waals surface area contributed by atoms with Gasteiger partial charge in [-0.15, -0.1) is 0 Å². The summed E-state index contributed by atoms with van der Waals surface area (Å²) in [5, 5.41) is 16.7. The third kappa shape index (κ3) is 5.31. The molecular weight excluding hydrogens is 457 g/mol. The quantitative estimate of drug-likeness (QED) is 0.169. The number of fused-ring (bicyclic) bond motifs is 1. The van der Waals surface area contributed by atoms with Crippen LogP contribution in [-0.4, -0.2) is 45.7 Å². The van der Waals surface area contributed by atoms with Gasteiger partial charge in [-0.3, -0.25) is 15.4 Å². The van der Waals surface area contributed by atoms with Crippen LogP contribution in [0.15, 0.2) is 60.7 Å². The van der Waals surface area contributed by atoms with Gasteiger partial charge in [0.15, 0.2) is 5.96 Å². The van der Waals surface area contributed by atoms with Crippen LogP contribution >= 0.6 is 7.60 Å². The molecule has 1 heterocycles. The molecule has 178 valence electrons. The average molecular weight is 483 g/mol. The third-order valence-electron chi connectivity index (χ3n) is 5.63. The predicted octanol–water partition coefficient (Wildman–Crippen LogP) is 2.73. The maximum Gasteiger partial charge on any atom is 0.370 e. The monoisotopic (exact) mass is 483 g/mol. The van der Waals surface area contributed by atoms with E-state index >= 15 is 0 Å². The molecule has 11 heteroatoms. The van der Waals surface area contributed by atoms with Crippen molar-refractivity contribution in [2.75, 3.05) is 13.1 Å². The molecule has 0 aromatic heterocycles. The van der Waals surface area contributed by atoms with Crippen LogP contribution in [0.4, 0.5) is 0 Å². The fraction of sp³-hybridized carbons (Fsp3) is 0.217. The largest absolute Gasteiger partial charge is 0.489 e. The summed E-state index contributed by atoms with van der Waals surface area (Å²) in [6.07, 6.45) is 0.601. The first-order valence-electron chi connectivity index (χ1n) is 10.6. The third-order valence-corrected chi connectivity index (χ3v) is 6.64. The second kappa shape index (κ2) is 9.34. The van der Waals surface area contributed by atoms with Gasteiger partial charge < -0.3 is 35.6 Å². The molecule has 0 bridgehead atoms. The summed E-state index contributed by atoms with van der Waals surface area (Å²) in [5.41, 5.74) is 11.9. The minimum atomic E-state index is -4.67. The molecule has 1 fully saturated rings. The maximum atomic E-state index is 12.3. The summed E-state index contributed by atoms with van der Waals surface area (Å²) in [4.78, 5) is 21.7. The highest BCUT2D eigenvalue weighted by molar-refractivity contribution is 7.52. The Morgan fingerprint density at radius 1 is 1.00 bits per heavy atom. The summed E-state index contributed by atoms with van der Waals surface area (Å²) < 4.78 is 23.9. The van der Waals surface area contributed by atoms with Crippen LogP contribution in [0.3, 0.4) is 0 Å². The molecule has 0 aliphatic carbocycles. The summed E-state index contributed by atoms with van der Waals surface area (Å²) in [7, 11) is -4.67. The number of nitrogens with one attached hydrogen (secondary N) is 2. The topological polar surface area (TPSA) is 179 Å². The van der Waals surface area contributed by atoms with Crippen LogP contribution < -0.4 is 20.9 Å². The number of amidine groups is 1. The molecule has 0 amide bonds. The zero-order chi connectivity index (χ0) is 24.5. The summed E-state index contributed by atoms with van der Waals surface area (Å²) in [5.74, 6) is -0.748. The van der Waals surface area contributed by atoms with E-state index in [4.69, 9.17) is 31.8 Å². The van der Waals surface area contributed by atoms with Gasteiger partial charge in [0.05, 0.1) is 6.54 Å². The number of hydrogen-bond donors (Lipinski definition) is 6. The van der Waals surface area contributed by atoms with Gasteiger partial charge in [-0.05, 0) is 41.1 Å². The number of rotatable bonds is 7.